The number of nitrogens with zero attached hydrogens (tertiary/aromatic N) is 3. The molecule has 1 heterocycles. The van der Waals surface area contributed by atoms with Crippen LogP contribution in [0, 0.1) is 11.3 Å². The summed E-state index contributed by atoms with van der Waals surface area (Å²) in [6.45, 7) is 4.09. The Balaban J connectivity index is 2.05. The number of piperidine rings is 1. The zero-order valence-corrected chi connectivity index (χ0v) is 12.7. The van der Waals surface area contributed by atoms with Gasteiger partial charge >= 0.3 is 0 Å². The highest BCUT2D eigenvalue weighted by atomic mass is 16.2. The summed E-state index contributed by atoms with van der Waals surface area (Å²) in [6.07, 6.45) is 3.94. The molecule has 0 bridgehead atoms. The molecule has 0 saturated carbocycles. The molecule has 0 aromatic heterocycles. The Morgan fingerprint density at radius 2 is 2.14 bits per heavy atom. The predicted molar refractivity (Wildman–Crippen MR) is 83.9 cm³/mol. The number of carbonyl (C=O) groups excluding carboxylic acids is 1. The molecule has 112 valence electrons. The second-order valence-electron chi connectivity index (χ2n) is 5.60. The SMILES string of the molecule is CC1CCCCN1CC(=O)N(CCC#N)c1ccccc1. The van der Waals surface area contributed by atoms with Gasteiger partial charge in [0.2, 0.25) is 5.91 Å². The summed E-state index contributed by atoms with van der Waals surface area (Å²) >= 11 is 0. The average Bonchev–Trinajstić information content (AvgIpc) is 2.51. The van der Waals surface area contributed by atoms with E-state index in [1.165, 1.54) is 12.8 Å². The molecule has 4 heteroatoms. The second kappa shape index (κ2) is 7.80. The van der Waals surface area contributed by atoms with Crippen molar-refractivity contribution in [3.63, 3.8) is 0 Å². The molecular weight excluding hydrogens is 262 g/mol. The van der Waals surface area contributed by atoms with Gasteiger partial charge in [0.1, 0.15) is 0 Å². The van der Waals surface area contributed by atoms with E-state index in [1.807, 2.05) is 30.3 Å². The van der Waals surface area contributed by atoms with Crippen LogP contribution in [0.3, 0.4) is 0 Å². The van der Waals surface area contributed by atoms with E-state index in [0.717, 1.165) is 18.7 Å². The maximum atomic E-state index is 12.6. The Hall–Kier alpha value is -1.86. The van der Waals surface area contributed by atoms with Crippen molar-refractivity contribution in [2.24, 2.45) is 0 Å². The summed E-state index contributed by atoms with van der Waals surface area (Å²) in [6, 6.07) is 12.2. The molecule has 1 atom stereocenters. The Morgan fingerprint density at radius 3 is 2.81 bits per heavy atom. The van der Waals surface area contributed by atoms with E-state index >= 15 is 0 Å². The third-order valence-electron chi connectivity index (χ3n) is 4.10. The molecule has 1 fully saturated rings. The first kappa shape index (κ1) is 15.5. The van der Waals surface area contributed by atoms with Crippen LogP contribution in [0.1, 0.15) is 32.6 Å². The maximum absolute atomic E-state index is 12.6. The van der Waals surface area contributed by atoms with E-state index in [9.17, 15) is 4.79 Å². The highest BCUT2D eigenvalue weighted by Gasteiger charge is 2.23. The second-order valence-corrected chi connectivity index (χ2v) is 5.60. The molecule has 1 saturated heterocycles. The van der Waals surface area contributed by atoms with E-state index in [2.05, 4.69) is 17.9 Å². The quantitative estimate of drug-likeness (QED) is 0.835. The van der Waals surface area contributed by atoms with Crippen LogP contribution in [0.5, 0.6) is 0 Å². The van der Waals surface area contributed by atoms with Crippen LogP contribution in [0.15, 0.2) is 30.3 Å². The van der Waals surface area contributed by atoms with Crippen molar-refractivity contribution in [2.45, 2.75) is 38.6 Å². The standard InChI is InChI=1S/C17H23N3O/c1-15-8-5-6-12-19(15)14-17(21)20(13-7-11-18)16-9-3-2-4-10-16/h2-4,9-10,15H,5-8,12-14H2,1H3. The van der Waals surface area contributed by atoms with Crippen molar-refractivity contribution in [1.29, 1.82) is 5.26 Å². The Labute approximate surface area is 127 Å². The van der Waals surface area contributed by atoms with Crippen LogP contribution in [-0.4, -0.2) is 36.5 Å². The Kier molecular flexibility index (Phi) is 5.77. The summed E-state index contributed by atoms with van der Waals surface area (Å²) in [5.41, 5.74) is 0.877. The largest absolute Gasteiger partial charge is 0.310 e. The van der Waals surface area contributed by atoms with Gasteiger partial charge in [0, 0.05) is 18.3 Å². The Morgan fingerprint density at radius 1 is 1.38 bits per heavy atom. The molecule has 1 aromatic carbocycles. The molecule has 1 aromatic rings. The van der Waals surface area contributed by atoms with Crippen LogP contribution in [0.4, 0.5) is 5.69 Å². The zero-order chi connectivity index (χ0) is 15.1. The van der Waals surface area contributed by atoms with Crippen LogP contribution in [-0.2, 0) is 4.79 Å². The molecule has 1 aliphatic heterocycles. The lowest BCUT2D eigenvalue weighted by atomic mass is 10.0. The fourth-order valence-corrected chi connectivity index (χ4v) is 2.82. The van der Waals surface area contributed by atoms with Crippen LogP contribution in [0.2, 0.25) is 0 Å². The summed E-state index contributed by atoms with van der Waals surface area (Å²) in [5, 5.41) is 8.81. The summed E-state index contributed by atoms with van der Waals surface area (Å²) < 4.78 is 0. The van der Waals surface area contributed by atoms with E-state index in [4.69, 9.17) is 5.26 Å². The first-order valence-electron chi connectivity index (χ1n) is 7.69. The average molecular weight is 285 g/mol. The van der Waals surface area contributed by atoms with Crippen LogP contribution < -0.4 is 4.90 Å². The molecule has 0 spiro atoms. The molecule has 1 unspecified atom stereocenters. The van der Waals surface area contributed by atoms with Crippen molar-refractivity contribution in [2.75, 3.05) is 24.5 Å². The molecule has 2 rings (SSSR count). The van der Waals surface area contributed by atoms with Crippen molar-refractivity contribution in [1.82, 2.24) is 4.90 Å². The lowest BCUT2D eigenvalue weighted by Crippen LogP contribution is -2.46. The van der Waals surface area contributed by atoms with E-state index in [0.29, 0.717) is 25.6 Å². The minimum atomic E-state index is 0.0881. The number of hydrogen-bond acceptors (Lipinski definition) is 3. The summed E-state index contributed by atoms with van der Waals surface area (Å²) in [4.78, 5) is 16.6. The van der Waals surface area contributed by atoms with Gasteiger partial charge in [0.25, 0.3) is 0 Å². The number of benzene rings is 1. The third kappa shape index (κ3) is 4.30. The van der Waals surface area contributed by atoms with Gasteiger partial charge in [-0.05, 0) is 38.4 Å². The molecular formula is C17H23N3O. The van der Waals surface area contributed by atoms with Gasteiger partial charge in [0.05, 0.1) is 19.0 Å². The normalized spacial score (nSPS) is 19.0. The first-order valence-corrected chi connectivity index (χ1v) is 7.69. The number of carbonyl (C=O) groups is 1. The number of para-hydroxylation sites is 1. The smallest absolute Gasteiger partial charge is 0.241 e. The van der Waals surface area contributed by atoms with Gasteiger partial charge in [-0.1, -0.05) is 24.6 Å². The molecule has 0 N–H and O–H groups in total. The molecule has 1 amide bonds. The number of amides is 1. The first-order chi connectivity index (χ1) is 10.2. The van der Waals surface area contributed by atoms with Gasteiger partial charge in [-0.2, -0.15) is 5.26 Å². The predicted octanol–water partition coefficient (Wildman–Crippen LogP) is 2.81. The number of hydrogen-bond donors (Lipinski definition) is 0. The molecule has 21 heavy (non-hydrogen) atoms. The molecule has 0 radical (unpaired) electrons. The minimum absolute atomic E-state index is 0.0881. The fourth-order valence-electron chi connectivity index (χ4n) is 2.82. The molecule has 4 nitrogen and oxygen atoms in total. The van der Waals surface area contributed by atoms with Crippen molar-refractivity contribution < 1.29 is 4.79 Å². The third-order valence-corrected chi connectivity index (χ3v) is 4.10. The molecule has 0 aliphatic carbocycles. The topological polar surface area (TPSA) is 47.3 Å². The monoisotopic (exact) mass is 285 g/mol. The fraction of sp³-hybridized carbons (Fsp3) is 0.529. The number of anilines is 1. The summed E-state index contributed by atoms with van der Waals surface area (Å²) in [7, 11) is 0. The number of nitriles is 1. The van der Waals surface area contributed by atoms with Gasteiger partial charge < -0.3 is 4.90 Å². The number of likely N-dealkylation sites (tertiary alicyclic amines) is 1. The van der Waals surface area contributed by atoms with Crippen molar-refractivity contribution in [3.05, 3.63) is 30.3 Å². The van der Waals surface area contributed by atoms with E-state index in [1.54, 1.807) is 4.90 Å². The zero-order valence-electron chi connectivity index (χ0n) is 12.7. The van der Waals surface area contributed by atoms with Gasteiger partial charge in [0.15, 0.2) is 0 Å². The minimum Gasteiger partial charge on any atom is -0.310 e. The Bertz CT molecular complexity index is 495. The summed E-state index contributed by atoms with van der Waals surface area (Å²) in [5.74, 6) is 0.0881. The molecule has 1 aliphatic rings. The van der Waals surface area contributed by atoms with Gasteiger partial charge in [-0.3, -0.25) is 9.69 Å². The van der Waals surface area contributed by atoms with Crippen molar-refractivity contribution >= 4 is 11.6 Å². The lowest BCUT2D eigenvalue weighted by Gasteiger charge is -2.34. The van der Waals surface area contributed by atoms with E-state index in [-0.39, 0.29) is 5.91 Å². The lowest BCUT2D eigenvalue weighted by molar-refractivity contribution is -0.120. The van der Waals surface area contributed by atoms with Crippen LogP contribution >= 0.6 is 0 Å². The van der Waals surface area contributed by atoms with Crippen molar-refractivity contribution in [3.8, 4) is 6.07 Å². The van der Waals surface area contributed by atoms with Gasteiger partial charge in [-0.25, -0.2) is 0 Å². The number of rotatable bonds is 5. The van der Waals surface area contributed by atoms with Gasteiger partial charge in [-0.15, -0.1) is 0 Å². The highest BCUT2D eigenvalue weighted by molar-refractivity contribution is 5.94. The van der Waals surface area contributed by atoms with Crippen LogP contribution in [0.25, 0.3) is 0 Å². The highest BCUT2D eigenvalue weighted by Crippen LogP contribution is 2.18. The maximum Gasteiger partial charge on any atom is 0.241 e. The van der Waals surface area contributed by atoms with E-state index < -0.39 is 0 Å².